The summed E-state index contributed by atoms with van der Waals surface area (Å²) in [5.74, 6) is 0.396. The molecule has 2 aliphatic rings. The molecule has 0 bridgehead atoms. The number of anilines is 1. The summed E-state index contributed by atoms with van der Waals surface area (Å²) in [7, 11) is 1.55. The smallest absolute Gasteiger partial charge is 0.313 e. The van der Waals surface area contributed by atoms with Crippen LogP contribution in [0.4, 0.5) is 5.69 Å². The summed E-state index contributed by atoms with van der Waals surface area (Å²) in [6.07, 6.45) is 3.08. The van der Waals surface area contributed by atoms with Crippen LogP contribution < -0.4 is 14.8 Å². The van der Waals surface area contributed by atoms with Gasteiger partial charge in [0.15, 0.2) is 17.3 Å². The summed E-state index contributed by atoms with van der Waals surface area (Å²) in [5, 5.41) is 4.67. The molecule has 2 aromatic carbocycles. The largest absolute Gasteiger partial charge is 0.493 e. The molecule has 1 atom stereocenters. The van der Waals surface area contributed by atoms with Crippen LogP contribution in [0.25, 0.3) is 16.5 Å². The number of nitrogens with zero attached hydrogens (tertiary/aromatic N) is 1. The summed E-state index contributed by atoms with van der Waals surface area (Å²) in [5.41, 5.74) is 5.58. The summed E-state index contributed by atoms with van der Waals surface area (Å²) in [6.45, 7) is 7.87. The van der Waals surface area contributed by atoms with Crippen molar-refractivity contribution in [1.29, 1.82) is 0 Å². The molecule has 1 N–H and O–H groups in total. The number of hydrogen-bond acceptors (Lipinski definition) is 6. The van der Waals surface area contributed by atoms with Gasteiger partial charge in [-0.25, -0.2) is 0 Å². The van der Waals surface area contributed by atoms with E-state index in [0.29, 0.717) is 17.9 Å². The van der Waals surface area contributed by atoms with Crippen LogP contribution in [0.5, 0.6) is 11.5 Å². The molecule has 0 saturated heterocycles. The van der Waals surface area contributed by atoms with E-state index in [2.05, 4.69) is 30.2 Å². The molecule has 0 radical (unpaired) electrons. The summed E-state index contributed by atoms with van der Waals surface area (Å²) in [4.78, 5) is 30.3. The van der Waals surface area contributed by atoms with Crippen LogP contribution in [0.2, 0.25) is 0 Å². The van der Waals surface area contributed by atoms with E-state index in [1.165, 1.54) is 0 Å². The number of hydrogen-bond donors (Lipinski definition) is 1. The number of ether oxygens (including phenoxy) is 2. The minimum absolute atomic E-state index is 0.133. The Morgan fingerprint density at radius 3 is 2.66 bits per heavy atom. The van der Waals surface area contributed by atoms with Gasteiger partial charge in [-0.3, -0.25) is 14.6 Å². The van der Waals surface area contributed by atoms with E-state index in [-0.39, 0.29) is 29.1 Å². The maximum Gasteiger partial charge on any atom is 0.313 e. The standard InChI is InChI=1S/C29H30N2O4/c1-16(2)28(33)35-23-11-8-17(13-24(23)34-5)27-26-19(14-29(3,4)15-22(26)32)25-18-7-6-12-30-20(18)9-10-21(25)31-27/h6-13,16,27,31H,14-15H2,1-5H3/t27-/m0/s1. The van der Waals surface area contributed by atoms with Crippen LogP contribution in [0, 0.1) is 11.3 Å². The molecular formula is C29H30N2O4. The molecule has 0 unspecified atom stereocenters. The van der Waals surface area contributed by atoms with Crippen molar-refractivity contribution in [1.82, 2.24) is 4.98 Å². The summed E-state index contributed by atoms with van der Waals surface area (Å²) in [6, 6.07) is 13.2. The molecule has 35 heavy (non-hydrogen) atoms. The van der Waals surface area contributed by atoms with Gasteiger partial charge in [-0.2, -0.15) is 0 Å². The third-order valence-electron chi connectivity index (χ3n) is 6.80. The number of benzene rings is 2. The number of fused-ring (bicyclic) bond motifs is 4. The molecule has 1 aliphatic carbocycles. The Hall–Kier alpha value is -3.67. The predicted octanol–water partition coefficient (Wildman–Crippen LogP) is 6.11. The number of Topliss-reactive ketones (excluding diaryl/α,β-unsaturated/α-hetero) is 1. The first kappa shape index (κ1) is 23.1. The first-order valence-electron chi connectivity index (χ1n) is 12.0. The van der Waals surface area contributed by atoms with Crippen molar-refractivity contribution in [3.05, 3.63) is 65.4 Å². The second-order valence-electron chi connectivity index (χ2n) is 10.5. The van der Waals surface area contributed by atoms with Crippen molar-refractivity contribution < 1.29 is 19.1 Å². The van der Waals surface area contributed by atoms with Crippen LogP contribution in [0.1, 0.15) is 57.7 Å². The molecule has 0 spiro atoms. The molecule has 3 aromatic rings. The maximum absolute atomic E-state index is 13.6. The van der Waals surface area contributed by atoms with E-state index in [9.17, 15) is 9.59 Å². The van der Waals surface area contributed by atoms with E-state index >= 15 is 0 Å². The number of ketones is 1. The number of nitrogens with one attached hydrogen (secondary N) is 1. The van der Waals surface area contributed by atoms with Crippen LogP contribution in [0.15, 0.2) is 54.2 Å². The average molecular weight is 471 g/mol. The SMILES string of the molecule is COc1cc([C@@H]2Nc3ccc4ncccc4c3C3=C2C(=O)CC(C)(C)C3)ccc1OC(=O)C(C)C. The summed E-state index contributed by atoms with van der Waals surface area (Å²) < 4.78 is 11.1. The Kier molecular flexibility index (Phi) is 5.62. The van der Waals surface area contributed by atoms with E-state index in [1.807, 2.05) is 30.3 Å². The van der Waals surface area contributed by atoms with Crippen molar-refractivity contribution in [2.45, 2.75) is 46.6 Å². The highest BCUT2D eigenvalue weighted by atomic mass is 16.6. The number of pyridine rings is 1. The molecule has 1 aliphatic heterocycles. The van der Waals surface area contributed by atoms with Crippen molar-refractivity contribution in [2.75, 3.05) is 12.4 Å². The number of aromatic nitrogens is 1. The minimum atomic E-state index is -0.334. The van der Waals surface area contributed by atoms with Gasteiger partial charge in [0.25, 0.3) is 0 Å². The lowest BCUT2D eigenvalue weighted by molar-refractivity contribution is -0.137. The van der Waals surface area contributed by atoms with Crippen molar-refractivity contribution in [3.63, 3.8) is 0 Å². The van der Waals surface area contributed by atoms with Gasteiger partial charge >= 0.3 is 5.97 Å². The number of rotatable bonds is 4. The molecule has 6 nitrogen and oxygen atoms in total. The van der Waals surface area contributed by atoms with Crippen LogP contribution in [0.3, 0.4) is 0 Å². The molecule has 0 saturated carbocycles. The molecule has 6 heteroatoms. The Morgan fingerprint density at radius 2 is 1.91 bits per heavy atom. The average Bonchev–Trinajstić information content (AvgIpc) is 2.82. The molecule has 2 heterocycles. The van der Waals surface area contributed by atoms with Gasteiger partial charge in [-0.15, -0.1) is 0 Å². The highest BCUT2D eigenvalue weighted by molar-refractivity contribution is 6.12. The van der Waals surface area contributed by atoms with E-state index in [4.69, 9.17) is 9.47 Å². The minimum Gasteiger partial charge on any atom is -0.493 e. The molecule has 0 amide bonds. The number of esters is 1. The molecule has 1 aromatic heterocycles. The van der Waals surface area contributed by atoms with Gasteiger partial charge in [0, 0.05) is 34.8 Å². The second kappa shape index (κ2) is 8.52. The van der Waals surface area contributed by atoms with Gasteiger partial charge in [0.05, 0.1) is 24.6 Å². The monoisotopic (exact) mass is 470 g/mol. The van der Waals surface area contributed by atoms with Gasteiger partial charge in [-0.1, -0.05) is 39.8 Å². The topological polar surface area (TPSA) is 77.5 Å². The third kappa shape index (κ3) is 4.07. The highest BCUT2D eigenvalue weighted by Crippen LogP contribution is 2.52. The fourth-order valence-corrected chi connectivity index (χ4v) is 5.14. The van der Waals surface area contributed by atoms with Crippen molar-refractivity contribution >= 4 is 33.9 Å². The van der Waals surface area contributed by atoms with Crippen LogP contribution in [-0.4, -0.2) is 23.8 Å². The van der Waals surface area contributed by atoms with Gasteiger partial charge < -0.3 is 14.8 Å². The zero-order chi connectivity index (χ0) is 24.9. The van der Waals surface area contributed by atoms with Crippen molar-refractivity contribution in [2.24, 2.45) is 11.3 Å². The van der Waals surface area contributed by atoms with Crippen molar-refractivity contribution in [3.8, 4) is 11.5 Å². The van der Waals surface area contributed by atoms with Crippen LogP contribution >= 0.6 is 0 Å². The number of carbonyl (C=O) groups excluding carboxylic acids is 2. The number of carbonyl (C=O) groups is 2. The Morgan fingerprint density at radius 1 is 1.11 bits per heavy atom. The lowest BCUT2D eigenvalue weighted by Gasteiger charge is -2.40. The highest BCUT2D eigenvalue weighted by Gasteiger charge is 2.41. The number of methoxy groups -OCH3 is 1. The second-order valence-corrected chi connectivity index (χ2v) is 10.5. The maximum atomic E-state index is 13.6. The van der Waals surface area contributed by atoms with E-state index < -0.39 is 0 Å². The third-order valence-corrected chi connectivity index (χ3v) is 6.80. The van der Waals surface area contributed by atoms with Gasteiger partial charge in [0.2, 0.25) is 0 Å². The van der Waals surface area contributed by atoms with E-state index in [1.54, 1.807) is 33.2 Å². The number of allylic oxidation sites excluding steroid dienone is 1. The molecule has 180 valence electrons. The fourth-order valence-electron chi connectivity index (χ4n) is 5.14. The quantitative estimate of drug-likeness (QED) is 0.366. The summed E-state index contributed by atoms with van der Waals surface area (Å²) >= 11 is 0. The Bertz CT molecular complexity index is 1390. The molecule has 5 rings (SSSR count). The Labute approximate surface area is 205 Å². The predicted molar refractivity (Wildman–Crippen MR) is 137 cm³/mol. The zero-order valence-corrected chi connectivity index (χ0v) is 20.8. The van der Waals surface area contributed by atoms with Crippen LogP contribution in [-0.2, 0) is 9.59 Å². The van der Waals surface area contributed by atoms with E-state index in [0.717, 1.165) is 45.3 Å². The lowest BCUT2D eigenvalue weighted by Crippen LogP contribution is -2.33. The Balaban J connectivity index is 1.66. The molecule has 0 fully saturated rings. The van der Waals surface area contributed by atoms with Gasteiger partial charge in [0.1, 0.15) is 0 Å². The van der Waals surface area contributed by atoms with Gasteiger partial charge in [-0.05, 0) is 53.3 Å². The normalized spacial score (nSPS) is 18.7. The lowest BCUT2D eigenvalue weighted by atomic mass is 9.68. The zero-order valence-electron chi connectivity index (χ0n) is 20.8. The first-order valence-corrected chi connectivity index (χ1v) is 12.0. The first-order chi connectivity index (χ1) is 16.7. The fraction of sp³-hybridized carbons (Fsp3) is 0.345. The molecular weight excluding hydrogens is 440 g/mol.